The lowest BCUT2D eigenvalue weighted by molar-refractivity contribution is -0.0504. The van der Waals surface area contributed by atoms with Crippen LogP contribution < -0.4 is 0 Å². The van der Waals surface area contributed by atoms with Gasteiger partial charge in [-0.1, -0.05) is 227 Å². The maximum absolute atomic E-state index is 12.6. The van der Waals surface area contributed by atoms with E-state index in [1.807, 2.05) is 0 Å². The molecule has 426 valence electrons. The molecular formula is C67H130F4. The molecule has 7 saturated carbocycles. The first-order valence-electron chi connectivity index (χ1n) is 31.9. The maximum atomic E-state index is 12.6. The van der Waals surface area contributed by atoms with Crippen LogP contribution in [0.4, 0.5) is 17.6 Å². The molecule has 7 aliphatic carbocycles. The minimum absolute atomic E-state index is 0.107. The standard InChI is InChI=1S/C11H22.C10H18F2.2C10H20.C9H16F2.C9H18.C8H16/c1-9(2)10-5-7-11(3,4)8-6-10;1-7(2)8-3-5-9(6-4-8)10(11)12;1-8(2)10-6-4-9(3)5-7-10;1-9(2)10-7-5-3-4-6-8-10;1-7(2)8-3-5-9(10,11)6-4-8;1-8(2)9-6-4-3-5-7-9;1-7(2)8-5-3-4-6-8/h9-10H,5-8H2,1-4H3;7-10H,3-6H2,1-2H3;8-10H,4-7H2,1-3H3;9-10H,3-8H2,1-2H3;7-8H,3-6H2,1-2H3;8-9H,3-7H2,1-2H3;7-8H,3-6H2,1-2H3. The summed E-state index contributed by atoms with van der Waals surface area (Å²) >= 11 is 0. The predicted octanol–water partition coefficient (Wildman–Crippen LogP) is 24.2. The van der Waals surface area contributed by atoms with Crippen molar-refractivity contribution in [3.8, 4) is 0 Å². The van der Waals surface area contributed by atoms with Gasteiger partial charge in [-0.3, -0.25) is 0 Å². The van der Waals surface area contributed by atoms with Gasteiger partial charge < -0.3 is 0 Å². The van der Waals surface area contributed by atoms with E-state index in [1.54, 1.807) is 0 Å². The minimum atomic E-state index is -2.36. The van der Waals surface area contributed by atoms with Crippen molar-refractivity contribution in [2.45, 2.75) is 329 Å². The highest BCUT2D eigenvalue weighted by Gasteiger charge is 2.36. The zero-order chi connectivity index (χ0) is 53.7. The lowest BCUT2D eigenvalue weighted by atomic mass is 9.70. The molecule has 0 heterocycles. The van der Waals surface area contributed by atoms with Crippen LogP contribution in [-0.4, -0.2) is 12.3 Å². The molecule has 0 nitrogen and oxygen atoms in total. The summed E-state index contributed by atoms with van der Waals surface area (Å²) in [7, 11) is 0. The molecule has 0 unspecified atom stereocenters. The summed E-state index contributed by atoms with van der Waals surface area (Å²) in [6.07, 6.45) is 37.2. The van der Waals surface area contributed by atoms with Gasteiger partial charge in [-0.25, -0.2) is 17.6 Å². The summed E-state index contributed by atoms with van der Waals surface area (Å²) in [5.74, 6) is 10.7. The summed E-state index contributed by atoms with van der Waals surface area (Å²) in [5, 5.41) is 0. The van der Waals surface area contributed by atoms with Crippen LogP contribution in [-0.2, 0) is 0 Å². The fraction of sp³-hybridized carbons (Fsp3) is 1.00. The number of hydrogen-bond acceptors (Lipinski definition) is 0. The average molecular weight is 1010 g/mol. The number of rotatable bonds is 8. The van der Waals surface area contributed by atoms with Crippen molar-refractivity contribution in [2.24, 2.45) is 100 Å². The second-order valence-corrected chi connectivity index (χ2v) is 28.6. The second kappa shape index (κ2) is 37.5. The number of hydrogen-bond donors (Lipinski definition) is 0. The largest absolute Gasteiger partial charge is 0.248 e. The molecular weight excluding hydrogens is 881 g/mol. The van der Waals surface area contributed by atoms with E-state index in [1.165, 1.54) is 148 Å². The Morgan fingerprint density at radius 1 is 0.282 bits per heavy atom. The molecule has 0 aromatic rings. The molecule has 7 rings (SSSR count). The molecule has 0 aromatic heterocycles. The van der Waals surface area contributed by atoms with Gasteiger partial charge in [0.05, 0.1) is 0 Å². The van der Waals surface area contributed by atoms with E-state index in [9.17, 15) is 17.6 Å². The van der Waals surface area contributed by atoms with Crippen molar-refractivity contribution in [3.63, 3.8) is 0 Å². The van der Waals surface area contributed by atoms with Crippen LogP contribution in [0, 0.1) is 100 Å². The average Bonchev–Trinajstić information content (AvgIpc) is 3.73. The normalized spacial score (nSPS) is 27.0. The lowest BCUT2D eigenvalue weighted by Crippen LogP contribution is -2.26. The first-order valence-corrected chi connectivity index (χ1v) is 31.9. The van der Waals surface area contributed by atoms with Crippen LogP contribution in [0.15, 0.2) is 0 Å². The van der Waals surface area contributed by atoms with E-state index < -0.39 is 12.3 Å². The Labute approximate surface area is 444 Å². The Balaban J connectivity index is 0.000000415. The van der Waals surface area contributed by atoms with Gasteiger partial charge in [0.25, 0.3) is 0 Å². The van der Waals surface area contributed by atoms with Crippen LogP contribution in [0.5, 0.6) is 0 Å². The molecule has 0 saturated heterocycles. The van der Waals surface area contributed by atoms with Crippen molar-refractivity contribution in [2.75, 3.05) is 0 Å². The van der Waals surface area contributed by atoms with Crippen LogP contribution in [0.2, 0.25) is 0 Å². The smallest absolute Gasteiger partial charge is 0.210 e. The minimum Gasteiger partial charge on any atom is -0.210 e. The van der Waals surface area contributed by atoms with Gasteiger partial charge in [-0.05, 0) is 171 Å². The van der Waals surface area contributed by atoms with Gasteiger partial charge in [-0.2, -0.15) is 0 Å². The monoisotopic (exact) mass is 1010 g/mol. The van der Waals surface area contributed by atoms with Crippen molar-refractivity contribution in [1.82, 2.24) is 0 Å². The number of alkyl halides is 4. The molecule has 0 aliphatic heterocycles. The SMILES string of the molecule is CC(C)C1CCC(C(F)F)CC1.CC(C)C1CCC(C)(C)CC1.CC(C)C1CCC(F)(F)CC1.CC(C)C1CCCC1.CC(C)C1CCCCC1.CC(C)C1CCCCCC1.CC1CCC(C(C)C)CC1. The highest BCUT2D eigenvalue weighted by atomic mass is 19.3. The third-order valence-electron chi connectivity index (χ3n) is 19.9. The summed E-state index contributed by atoms with van der Waals surface area (Å²) in [6, 6.07) is 0. The summed E-state index contributed by atoms with van der Waals surface area (Å²) in [5.41, 5.74) is 0.644. The third kappa shape index (κ3) is 32.2. The Bertz CT molecular complexity index is 1130. The maximum Gasteiger partial charge on any atom is 0.248 e. The van der Waals surface area contributed by atoms with Crippen LogP contribution >= 0.6 is 0 Å². The molecule has 71 heavy (non-hydrogen) atoms. The van der Waals surface area contributed by atoms with Gasteiger partial charge in [-0.15, -0.1) is 0 Å². The Kier molecular flexibility index (Phi) is 36.3. The molecule has 0 amide bonds. The van der Waals surface area contributed by atoms with Gasteiger partial charge in [0.1, 0.15) is 0 Å². The highest BCUT2D eigenvalue weighted by molar-refractivity contribution is 4.81. The molecule has 4 heteroatoms. The first kappa shape index (κ1) is 68.7. The molecule has 0 atom stereocenters. The van der Waals surface area contributed by atoms with Crippen molar-refractivity contribution in [3.05, 3.63) is 0 Å². The summed E-state index contributed by atoms with van der Waals surface area (Å²) in [4.78, 5) is 0. The summed E-state index contributed by atoms with van der Waals surface area (Å²) < 4.78 is 49.8. The van der Waals surface area contributed by atoms with Crippen LogP contribution in [0.3, 0.4) is 0 Å². The fourth-order valence-corrected chi connectivity index (χ4v) is 13.2. The topological polar surface area (TPSA) is 0 Å². The molecule has 7 fully saturated rings. The zero-order valence-corrected chi connectivity index (χ0v) is 51.2. The second-order valence-electron chi connectivity index (χ2n) is 28.6. The van der Waals surface area contributed by atoms with Crippen molar-refractivity contribution < 1.29 is 17.6 Å². The van der Waals surface area contributed by atoms with Crippen LogP contribution in [0.25, 0.3) is 0 Å². The van der Waals surface area contributed by atoms with Gasteiger partial charge in [0.15, 0.2) is 0 Å². The van der Waals surface area contributed by atoms with E-state index in [-0.39, 0.29) is 18.8 Å². The summed E-state index contributed by atoms with van der Waals surface area (Å²) in [6.45, 7) is 39.4. The van der Waals surface area contributed by atoms with E-state index in [0.29, 0.717) is 41.9 Å². The van der Waals surface area contributed by atoms with Gasteiger partial charge >= 0.3 is 0 Å². The molecule has 0 radical (unpaired) electrons. The third-order valence-corrected chi connectivity index (χ3v) is 19.9. The Morgan fingerprint density at radius 2 is 0.493 bits per heavy atom. The van der Waals surface area contributed by atoms with E-state index in [0.717, 1.165) is 90.8 Å². The lowest BCUT2D eigenvalue weighted by Gasteiger charge is -2.36. The molecule has 0 aromatic carbocycles. The molecule has 0 spiro atoms. The zero-order valence-electron chi connectivity index (χ0n) is 51.2. The van der Waals surface area contributed by atoms with Crippen molar-refractivity contribution in [1.29, 1.82) is 0 Å². The highest BCUT2D eigenvalue weighted by Crippen LogP contribution is 2.42. The van der Waals surface area contributed by atoms with Crippen LogP contribution in [0.1, 0.15) is 317 Å². The molecule has 7 aliphatic rings. The van der Waals surface area contributed by atoms with Crippen molar-refractivity contribution >= 4 is 0 Å². The quantitative estimate of drug-likeness (QED) is 0.168. The van der Waals surface area contributed by atoms with E-state index >= 15 is 0 Å². The number of halogens is 4. The molecule has 0 bridgehead atoms. The van der Waals surface area contributed by atoms with Gasteiger partial charge in [0.2, 0.25) is 12.3 Å². The van der Waals surface area contributed by atoms with Gasteiger partial charge in [0, 0.05) is 18.8 Å². The predicted molar refractivity (Wildman–Crippen MR) is 309 cm³/mol. The molecule has 0 N–H and O–H groups in total. The first-order chi connectivity index (χ1) is 33.2. The van der Waals surface area contributed by atoms with E-state index in [4.69, 9.17) is 0 Å². The Morgan fingerprint density at radius 3 is 0.775 bits per heavy atom. The fourth-order valence-electron chi connectivity index (χ4n) is 13.2. The van der Waals surface area contributed by atoms with E-state index in [2.05, 4.69) is 118 Å². The Hall–Kier alpha value is -0.280.